The number of aromatic nitrogens is 2. The summed E-state index contributed by atoms with van der Waals surface area (Å²) in [6, 6.07) is 15.5. The van der Waals surface area contributed by atoms with Crippen LogP contribution in [0.1, 0.15) is 0 Å². The molecule has 3 nitrogen and oxygen atoms in total. The first-order valence-corrected chi connectivity index (χ1v) is 6.26. The third-order valence-electron chi connectivity index (χ3n) is 2.53. The van der Waals surface area contributed by atoms with Crippen LogP contribution in [0.25, 0.3) is 10.9 Å². The number of rotatable bonds is 2. The van der Waals surface area contributed by atoms with Gasteiger partial charge in [0.1, 0.15) is 5.75 Å². The molecule has 0 fully saturated rings. The van der Waals surface area contributed by atoms with Gasteiger partial charge in [-0.15, -0.1) is 0 Å². The SMILES string of the molecule is Brc1cccc(Oc2cnnc3ccccc23)c1. The van der Waals surface area contributed by atoms with E-state index in [1.54, 1.807) is 6.20 Å². The Morgan fingerprint density at radius 2 is 1.89 bits per heavy atom. The number of fused-ring (bicyclic) bond motifs is 1. The molecular formula is C14H9BrN2O. The number of hydrogen-bond donors (Lipinski definition) is 0. The van der Waals surface area contributed by atoms with Gasteiger partial charge >= 0.3 is 0 Å². The van der Waals surface area contributed by atoms with E-state index in [2.05, 4.69) is 26.1 Å². The molecule has 1 aromatic heterocycles. The molecule has 0 aliphatic rings. The predicted molar refractivity (Wildman–Crippen MR) is 73.8 cm³/mol. The molecule has 88 valence electrons. The molecule has 0 aliphatic heterocycles. The summed E-state index contributed by atoms with van der Waals surface area (Å²) in [6.45, 7) is 0. The van der Waals surface area contributed by atoms with Crippen molar-refractivity contribution in [1.29, 1.82) is 0 Å². The van der Waals surface area contributed by atoms with Crippen molar-refractivity contribution in [2.45, 2.75) is 0 Å². The van der Waals surface area contributed by atoms with Crippen LogP contribution in [0.5, 0.6) is 11.5 Å². The third-order valence-corrected chi connectivity index (χ3v) is 3.03. The van der Waals surface area contributed by atoms with Gasteiger partial charge in [-0.2, -0.15) is 10.2 Å². The second kappa shape index (κ2) is 4.74. The minimum absolute atomic E-state index is 0.707. The van der Waals surface area contributed by atoms with Crippen molar-refractivity contribution in [3.05, 3.63) is 59.2 Å². The summed E-state index contributed by atoms with van der Waals surface area (Å²) in [5.74, 6) is 1.47. The molecule has 0 amide bonds. The summed E-state index contributed by atoms with van der Waals surface area (Å²) in [5.41, 5.74) is 0.824. The number of nitrogens with zero attached hydrogens (tertiary/aromatic N) is 2. The predicted octanol–water partition coefficient (Wildman–Crippen LogP) is 4.18. The van der Waals surface area contributed by atoms with Gasteiger partial charge in [0.05, 0.1) is 11.7 Å². The molecule has 0 spiro atoms. The van der Waals surface area contributed by atoms with E-state index in [0.717, 1.165) is 21.1 Å². The van der Waals surface area contributed by atoms with E-state index in [1.165, 1.54) is 0 Å². The maximum absolute atomic E-state index is 5.84. The fourth-order valence-corrected chi connectivity index (χ4v) is 2.10. The fraction of sp³-hybridized carbons (Fsp3) is 0. The molecule has 0 radical (unpaired) electrons. The topological polar surface area (TPSA) is 35.0 Å². The van der Waals surface area contributed by atoms with Crippen molar-refractivity contribution in [2.24, 2.45) is 0 Å². The summed E-state index contributed by atoms with van der Waals surface area (Å²) in [6.07, 6.45) is 1.63. The number of hydrogen-bond acceptors (Lipinski definition) is 3. The van der Waals surface area contributed by atoms with E-state index in [0.29, 0.717) is 5.75 Å². The van der Waals surface area contributed by atoms with Crippen molar-refractivity contribution in [2.75, 3.05) is 0 Å². The van der Waals surface area contributed by atoms with E-state index in [1.807, 2.05) is 48.5 Å². The Balaban J connectivity index is 2.05. The van der Waals surface area contributed by atoms with Crippen LogP contribution in [0.15, 0.2) is 59.2 Å². The Labute approximate surface area is 113 Å². The van der Waals surface area contributed by atoms with Crippen LogP contribution in [-0.2, 0) is 0 Å². The van der Waals surface area contributed by atoms with Gasteiger partial charge in [0.25, 0.3) is 0 Å². The highest BCUT2D eigenvalue weighted by Crippen LogP contribution is 2.28. The van der Waals surface area contributed by atoms with Gasteiger partial charge < -0.3 is 4.74 Å². The molecule has 0 aliphatic carbocycles. The standard InChI is InChI=1S/C14H9BrN2O/c15-10-4-3-5-11(8-10)18-14-9-16-17-13-7-2-1-6-12(13)14/h1-9H. The highest BCUT2D eigenvalue weighted by atomic mass is 79.9. The Kier molecular flexibility index (Phi) is 2.94. The summed E-state index contributed by atoms with van der Waals surface area (Å²) >= 11 is 3.42. The lowest BCUT2D eigenvalue weighted by atomic mass is 10.2. The minimum atomic E-state index is 0.707. The molecule has 0 bridgehead atoms. The smallest absolute Gasteiger partial charge is 0.156 e. The van der Waals surface area contributed by atoms with Crippen LogP contribution >= 0.6 is 15.9 Å². The quantitative estimate of drug-likeness (QED) is 0.712. The molecule has 4 heteroatoms. The Hall–Kier alpha value is -1.94. The third kappa shape index (κ3) is 2.19. The molecule has 0 atom stereocenters. The van der Waals surface area contributed by atoms with Crippen LogP contribution in [0.4, 0.5) is 0 Å². The van der Waals surface area contributed by atoms with Gasteiger partial charge in [-0.1, -0.05) is 34.1 Å². The highest BCUT2D eigenvalue weighted by molar-refractivity contribution is 9.10. The summed E-state index contributed by atoms with van der Waals surface area (Å²) in [5, 5.41) is 8.96. The average molecular weight is 301 g/mol. The maximum atomic E-state index is 5.84. The first kappa shape index (κ1) is 11.2. The molecule has 3 rings (SSSR count). The normalized spacial score (nSPS) is 10.5. The Morgan fingerprint density at radius 3 is 2.78 bits per heavy atom. The second-order valence-corrected chi connectivity index (χ2v) is 4.70. The zero-order chi connectivity index (χ0) is 12.4. The van der Waals surface area contributed by atoms with Crippen LogP contribution in [0.2, 0.25) is 0 Å². The van der Waals surface area contributed by atoms with Crippen molar-refractivity contribution >= 4 is 26.8 Å². The number of benzene rings is 2. The van der Waals surface area contributed by atoms with E-state index < -0.39 is 0 Å². The van der Waals surface area contributed by atoms with Gasteiger partial charge in [-0.25, -0.2) is 0 Å². The van der Waals surface area contributed by atoms with Gasteiger partial charge in [0.2, 0.25) is 0 Å². The van der Waals surface area contributed by atoms with Crippen LogP contribution in [0, 0.1) is 0 Å². The van der Waals surface area contributed by atoms with Crippen LogP contribution in [-0.4, -0.2) is 10.2 Å². The zero-order valence-electron chi connectivity index (χ0n) is 9.38. The first-order chi connectivity index (χ1) is 8.83. The number of halogens is 1. The van der Waals surface area contributed by atoms with E-state index >= 15 is 0 Å². The van der Waals surface area contributed by atoms with E-state index in [9.17, 15) is 0 Å². The lowest BCUT2D eigenvalue weighted by molar-refractivity contribution is 0.484. The molecule has 1 heterocycles. The molecule has 18 heavy (non-hydrogen) atoms. The van der Waals surface area contributed by atoms with E-state index in [-0.39, 0.29) is 0 Å². The average Bonchev–Trinajstić information content (AvgIpc) is 2.39. The van der Waals surface area contributed by atoms with Crippen molar-refractivity contribution < 1.29 is 4.74 Å². The van der Waals surface area contributed by atoms with Crippen molar-refractivity contribution in [3.63, 3.8) is 0 Å². The van der Waals surface area contributed by atoms with Crippen molar-refractivity contribution in [3.8, 4) is 11.5 Å². The largest absolute Gasteiger partial charge is 0.455 e. The minimum Gasteiger partial charge on any atom is -0.455 e. The Morgan fingerprint density at radius 1 is 1.00 bits per heavy atom. The Bertz CT molecular complexity index is 695. The fourth-order valence-electron chi connectivity index (χ4n) is 1.72. The zero-order valence-corrected chi connectivity index (χ0v) is 11.0. The lowest BCUT2D eigenvalue weighted by Crippen LogP contribution is -1.90. The number of ether oxygens (including phenoxy) is 1. The first-order valence-electron chi connectivity index (χ1n) is 5.47. The molecule has 0 saturated heterocycles. The molecular weight excluding hydrogens is 292 g/mol. The molecule has 0 unspecified atom stereocenters. The van der Waals surface area contributed by atoms with Crippen LogP contribution in [0.3, 0.4) is 0 Å². The van der Waals surface area contributed by atoms with Gasteiger partial charge in [0, 0.05) is 9.86 Å². The van der Waals surface area contributed by atoms with Crippen LogP contribution < -0.4 is 4.74 Å². The highest BCUT2D eigenvalue weighted by Gasteiger charge is 2.04. The molecule has 0 saturated carbocycles. The maximum Gasteiger partial charge on any atom is 0.156 e. The van der Waals surface area contributed by atoms with E-state index in [4.69, 9.17) is 4.74 Å². The van der Waals surface area contributed by atoms with Gasteiger partial charge in [0.15, 0.2) is 5.75 Å². The molecule has 0 N–H and O–H groups in total. The van der Waals surface area contributed by atoms with Gasteiger partial charge in [-0.3, -0.25) is 0 Å². The van der Waals surface area contributed by atoms with Gasteiger partial charge in [-0.05, 0) is 30.3 Å². The molecule has 2 aromatic carbocycles. The molecule has 3 aromatic rings. The van der Waals surface area contributed by atoms with Crippen molar-refractivity contribution in [1.82, 2.24) is 10.2 Å². The monoisotopic (exact) mass is 300 g/mol. The summed E-state index contributed by atoms with van der Waals surface area (Å²) in [4.78, 5) is 0. The summed E-state index contributed by atoms with van der Waals surface area (Å²) < 4.78 is 6.82. The summed E-state index contributed by atoms with van der Waals surface area (Å²) in [7, 11) is 0. The second-order valence-electron chi connectivity index (χ2n) is 3.79. The lowest BCUT2D eigenvalue weighted by Gasteiger charge is -2.07.